The number of nitrogens with two attached hydrogens (primary N) is 1. The van der Waals surface area contributed by atoms with Gasteiger partial charge in [0.05, 0.1) is 6.54 Å². The van der Waals surface area contributed by atoms with Crippen LogP contribution in [0.25, 0.3) is 0 Å². The Bertz CT molecular complexity index is 789. The van der Waals surface area contributed by atoms with Gasteiger partial charge in [-0.3, -0.25) is 9.35 Å². The highest BCUT2D eigenvalue weighted by Gasteiger charge is 2.49. The fraction of sp³-hybridized carbons (Fsp3) is 0.385. The molecule has 4 N–H and O–H groups in total. The number of nitrogens with one attached hydrogen (secondary N) is 1. The zero-order chi connectivity index (χ0) is 19.3. The Hall–Kier alpha value is -2.11. The van der Waals surface area contributed by atoms with Gasteiger partial charge >= 0.3 is 24.5 Å². The van der Waals surface area contributed by atoms with Crippen molar-refractivity contribution in [2.75, 3.05) is 6.54 Å². The van der Waals surface area contributed by atoms with Crippen LogP contribution in [0.2, 0.25) is 0 Å². The van der Waals surface area contributed by atoms with E-state index in [1.807, 2.05) is 6.07 Å². The van der Waals surface area contributed by atoms with Crippen LogP contribution >= 0.6 is 8.10 Å². The molecule has 1 unspecified atom stereocenters. The van der Waals surface area contributed by atoms with E-state index in [1.165, 1.54) is 0 Å². The molecule has 0 aromatic heterocycles. The molecular weight excluding hydrogens is 387 g/mol. The monoisotopic (exact) mass is 405 g/mol. The maximum absolute atomic E-state index is 12.3. The first kappa shape index (κ1) is 20.2. The van der Waals surface area contributed by atoms with Crippen LogP contribution in [-0.4, -0.2) is 46.4 Å². The van der Waals surface area contributed by atoms with E-state index in [0.717, 1.165) is 5.56 Å². The van der Waals surface area contributed by atoms with Crippen molar-refractivity contribution in [1.29, 1.82) is 0 Å². The van der Waals surface area contributed by atoms with Crippen molar-refractivity contribution in [2.24, 2.45) is 5.84 Å². The molecule has 1 aromatic carbocycles. The lowest BCUT2D eigenvalue weighted by Crippen LogP contribution is -2.51. The molecule has 2 amide bonds. The highest BCUT2D eigenvalue weighted by atomic mass is 32.2. The van der Waals surface area contributed by atoms with Gasteiger partial charge in [-0.2, -0.15) is 8.42 Å². The summed E-state index contributed by atoms with van der Waals surface area (Å²) in [5, 5.41) is 2.35. The van der Waals surface area contributed by atoms with Gasteiger partial charge in [-0.1, -0.05) is 30.3 Å². The Balaban J connectivity index is 1.94. The molecule has 1 aromatic rings. The van der Waals surface area contributed by atoms with Crippen molar-refractivity contribution in [1.82, 2.24) is 14.2 Å². The van der Waals surface area contributed by atoms with Crippen LogP contribution in [0.1, 0.15) is 18.4 Å². The second-order valence-electron chi connectivity index (χ2n) is 5.37. The maximum atomic E-state index is 12.3. The molecule has 1 aliphatic rings. The number of benzene rings is 1. The van der Waals surface area contributed by atoms with Gasteiger partial charge in [-0.25, -0.2) is 10.6 Å². The number of rotatable bonds is 6. The number of ether oxygens (including phenoxy) is 1. The third-order valence-corrected chi connectivity index (χ3v) is 6.19. The number of amides is 2. The van der Waals surface area contributed by atoms with Crippen molar-refractivity contribution in [3.63, 3.8) is 0 Å². The Morgan fingerprint density at radius 2 is 2.08 bits per heavy atom. The lowest BCUT2D eigenvalue weighted by Gasteiger charge is -2.25. The first-order valence-electron chi connectivity index (χ1n) is 7.48. The zero-order valence-electron chi connectivity index (χ0n) is 13.5. The third-order valence-electron chi connectivity index (χ3n) is 3.53. The van der Waals surface area contributed by atoms with Crippen LogP contribution in [0.5, 0.6) is 0 Å². The Morgan fingerprint density at radius 1 is 1.42 bits per heavy atom. The summed E-state index contributed by atoms with van der Waals surface area (Å²) in [5.41, 5.74) is 0.759. The number of nitrogens with zero attached hydrogens (tertiary/aromatic N) is 2. The molecule has 1 saturated heterocycles. The zero-order valence-corrected chi connectivity index (χ0v) is 15.2. The van der Waals surface area contributed by atoms with Gasteiger partial charge < -0.3 is 10.1 Å². The Morgan fingerprint density at radius 3 is 2.69 bits per heavy atom. The van der Waals surface area contributed by atoms with Crippen molar-refractivity contribution in [3.05, 3.63) is 35.9 Å². The molecule has 11 nitrogen and oxygen atoms in total. The minimum atomic E-state index is -4.93. The van der Waals surface area contributed by atoms with E-state index in [2.05, 4.69) is 5.32 Å². The van der Waals surface area contributed by atoms with Gasteiger partial charge in [-0.05, 0) is 23.0 Å². The maximum Gasteiger partial charge on any atom is 0.602 e. The first-order chi connectivity index (χ1) is 12.2. The summed E-state index contributed by atoms with van der Waals surface area (Å²) in [4.78, 5) is 24.2. The highest BCUT2D eigenvalue weighted by Crippen LogP contribution is 2.34. The summed E-state index contributed by atoms with van der Waals surface area (Å²) >= 11 is 0. The molecule has 0 saturated carbocycles. The lowest BCUT2D eigenvalue weighted by molar-refractivity contribution is -0.130. The predicted molar refractivity (Wildman–Crippen MR) is 89.7 cm³/mol. The Kier molecular flexibility index (Phi) is 6.62. The van der Waals surface area contributed by atoms with Gasteiger partial charge in [0, 0.05) is 0 Å². The molecule has 26 heavy (non-hydrogen) atoms. The van der Waals surface area contributed by atoms with Gasteiger partial charge in [0.25, 0.3) is 5.91 Å². The summed E-state index contributed by atoms with van der Waals surface area (Å²) in [5.74, 6) is 4.27. The molecule has 1 heterocycles. The quantitative estimate of drug-likeness (QED) is 0.268. The van der Waals surface area contributed by atoms with Crippen molar-refractivity contribution in [2.45, 2.75) is 25.5 Å². The second-order valence-corrected chi connectivity index (χ2v) is 8.34. The van der Waals surface area contributed by atoms with Crippen molar-refractivity contribution >= 4 is 30.4 Å². The number of carbonyl (C=O) groups is 2. The number of piperidine rings is 1. The average molecular weight is 405 g/mol. The van der Waals surface area contributed by atoms with E-state index in [0.29, 0.717) is 11.1 Å². The number of alkyl carbamates (subject to hydrolysis) is 1. The van der Waals surface area contributed by atoms with Gasteiger partial charge in [0.2, 0.25) is 0 Å². The number of hydrazine groups is 1. The molecule has 2 rings (SSSR count). The second kappa shape index (κ2) is 8.52. The summed E-state index contributed by atoms with van der Waals surface area (Å²) in [6, 6.07) is 7.86. The molecule has 0 spiro atoms. The molecule has 1 aliphatic heterocycles. The molecule has 142 valence electrons. The van der Waals surface area contributed by atoms with Crippen LogP contribution in [0.15, 0.2) is 30.3 Å². The van der Waals surface area contributed by atoms with E-state index < -0.39 is 36.4 Å². The summed E-state index contributed by atoms with van der Waals surface area (Å²) in [7, 11) is -8.00. The first-order valence-corrected chi connectivity index (χ1v) is 10.0. The molecule has 13 heteroatoms. The van der Waals surface area contributed by atoms with Gasteiger partial charge in [0.1, 0.15) is 16.8 Å². The van der Waals surface area contributed by atoms with Gasteiger partial charge in [0.15, 0.2) is 0 Å². The minimum absolute atomic E-state index is 0.00486. The van der Waals surface area contributed by atoms with Crippen LogP contribution in [-0.2, 0) is 31.0 Å². The smallest absolute Gasteiger partial charge is 0.445 e. The van der Waals surface area contributed by atoms with Crippen LogP contribution < -0.4 is 11.2 Å². The Labute approximate surface area is 150 Å². The summed E-state index contributed by atoms with van der Waals surface area (Å²) in [6.45, 7) is -0.0284. The average Bonchev–Trinajstić information content (AvgIpc) is 2.60. The molecule has 0 bridgehead atoms. The molecule has 0 aliphatic carbocycles. The van der Waals surface area contributed by atoms with E-state index in [-0.39, 0.29) is 23.8 Å². The summed E-state index contributed by atoms with van der Waals surface area (Å²) in [6.07, 6.45) is -0.241. The molecular formula is C13H18N4O7PS+. The van der Waals surface area contributed by atoms with E-state index in [9.17, 15) is 22.6 Å². The highest BCUT2D eigenvalue weighted by molar-refractivity contribution is 7.88. The number of hydrogen-bond donors (Lipinski definition) is 3. The largest absolute Gasteiger partial charge is 0.602 e. The van der Waals surface area contributed by atoms with Gasteiger partial charge in [-0.15, -0.1) is 4.67 Å². The minimum Gasteiger partial charge on any atom is -0.445 e. The third kappa shape index (κ3) is 5.19. The van der Waals surface area contributed by atoms with Crippen LogP contribution in [0, 0.1) is 0 Å². The van der Waals surface area contributed by atoms with Crippen LogP contribution in [0.4, 0.5) is 4.79 Å². The fourth-order valence-corrected chi connectivity index (χ4v) is 4.07. The molecule has 2 atom stereocenters. The van der Waals surface area contributed by atoms with E-state index in [1.54, 1.807) is 24.3 Å². The normalized spacial score (nSPS) is 18.6. The lowest BCUT2D eigenvalue weighted by atomic mass is 10.1. The number of hydrogen-bond acceptors (Lipinski definition) is 7. The SMILES string of the molecule is NN([P+](=O)N1CCC[C@@H](NC(=O)OCc2ccccc2)C1=O)S(=O)(=O)O. The molecule has 1 fully saturated rings. The summed E-state index contributed by atoms with van der Waals surface area (Å²) < 4.78 is 48.2. The standard InChI is InChI=1S/C13H17N4O7PS/c14-17(26(21,22)23)25(20)16-8-4-7-11(12(16)18)15-13(19)24-9-10-5-2-1-3-6-10/h1-3,5-6,11H,4,7-9,14H2,(H-,15,19,21,22,23)/p+1/t11-/m1/s1. The van der Waals surface area contributed by atoms with E-state index in [4.69, 9.17) is 15.1 Å². The number of carbonyl (C=O) groups excluding carboxylic acids is 2. The van der Waals surface area contributed by atoms with Crippen molar-refractivity contribution < 1.29 is 31.9 Å². The fourth-order valence-electron chi connectivity index (χ4n) is 2.26. The van der Waals surface area contributed by atoms with Crippen molar-refractivity contribution in [3.8, 4) is 0 Å². The van der Waals surface area contributed by atoms with E-state index >= 15 is 0 Å². The topological polar surface area (TPSA) is 159 Å². The molecule has 0 radical (unpaired) electrons. The van der Waals surface area contributed by atoms with Crippen LogP contribution in [0.3, 0.4) is 0 Å². The predicted octanol–water partition coefficient (Wildman–Crippen LogP) is 0.540.